The van der Waals surface area contributed by atoms with E-state index in [2.05, 4.69) is 15.3 Å². The van der Waals surface area contributed by atoms with Crippen LogP contribution in [-0.4, -0.2) is 48.4 Å². The molecule has 1 fully saturated rings. The molecule has 4 rings (SSSR count). The highest BCUT2D eigenvalue weighted by molar-refractivity contribution is 5.93. The molecule has 1 aliphatic rings. The Labute approximate surface area is 145 Å². The van der Waals surface area contributed by atoms with Crippen molar-refractivity contribution in [1.29, 1.82) is 0 Å². The van der Waals surface area contributed by atoms with Crippen molar-refractivity contribution >= 4 is 5.91 Å². The van der Waals surface area contributed by atoms with Crippen LogP contribution < -0.4 is 0 Å². The highest BCUT2D eigenvalue weighted by Crippen LogP contribution is 2.26. The number of hydrogen-bond acceptors (Lipinski definition) is 4. The Morgan fingerprint density at radius 3 is 2.80 bits per heavy atom. The van der Waals surface area contributed by atoms with Crippen molar-refractivity contribution in [2.45, 2.75) is 18.8 Å². The number of hydrogen-bond donors (Lipinski definition) is 0. The summed E-state index contributed by atoms with van der Waals surface area (Å²) in [4.78, 5) is 15.0. The monoisotopic (exact) mass is 336 g/mol. The highest BCUT2D eigenvalue weighted by Gasteiger charge is 2.29. The molecule has 1 aromatic carbocycles. The maximum atomic E-state index is 13.1. The summed E-state index contributed by atoms with van der Waals surface area (Å²) in [5, 5.41) is 12.5. The molecular weight excluding hydrogens is 316 g/mol. The second kappa shape index (κ2) is 6.51. The predicted molar refractivity (Wildman–Crippen MR) is 92.4 cm³/mol. The van der Waals surface area contributed by atoms with E-state index in [4.69, 9.17) is 0 Å². The van der Waals surface area contributed by atoms with Crippen LogP contribution in [0.5, 0.6) is 0 Å². The standard InChI is InChI=1S/C18H20N6O/c1-22-13-19-21-17(22)14-6-5-11-23(12-14)18(25)16-9-10-20-24(16)15-7-3-2-4-8-15/h2-4,7-10,13-14H,5-6,11-12H2,1H3/t14-/m0/s1. The van der Waals surface area contributed by atoms with Crippen LogP contribution in [0.3, 0.4) is 0 Å². The van der Waals surface area contributed by atoms with Crippen molar-refractivity contribution in [3.05, 3.63) is 60.4 Å². The summed E-state index contributed by atoms with van der Waals surface area (Å²) < 4.78 is 3.64. The lowest BCUT2D eigenvalue weighted by atomic mass is 9.97. The zero-order valence-corrected chi connectivity index (χ0v) is 14.1. The number of likely N-dealkylation sites (tertiary alicyclic amines) is 1. The second-order valence-corrected chi connectivity index (χ2v) is 6.35. The van der Waals surface area contributed by atoms with Crippen LogP contribution >= 0.6 is 0 Å². The molecule has 1 aliphatic heterocycles. The summed E-state index contributed by atoms with van der Waals surface area (Å²) in [6, 6.07) is 11.5. The van der Waals surface area contributed by atoms with E-state index in [1.165, 1.54) is 0 Å². The Balaban J connectivity index is 1.58. The third-order valence-electron chi connectivity index (χ3n) is 4.68. The lowest BCUT2D eigenvalue weighted by Crippen LogP contribution is -2.40. The number of nitrogens with zero attached hydrogens (tertiary/aromatic N) is 6. The van der Waals surface area contributed by atoms with Crippen molar-refractivity contribution in [3.63, 3.8) is 0 Å². The van der Waals surface area contributed by atoms with Crippen LogP contribution in [0.4, 0.5) is 0 Å². The molecule has 2 aromatic heterocycles. The molecule has 1 saturated heterocycles. The van der Waals surface area contributed by atoms with Crippen LogP contribution in [0, 0.1) is 0 Å². The van der Waals surface area contributed by atoms with E-state index in [-0.39, 0.29) is 11.8 Å². The first kappa shape index (κ1) is 15.6. The molecule has 0 aliphatic carbocycles. The fraction of sp³-hybridized carbons (Fsp3) is 0.333. The third kappa shape index (κ3) is 2.93. The number of amides is 1. The van der Waals surface area contributed by atoms with Gasteiger partial charge >= 0.3 is 0 Å². The van der Waals surface area contributed by atoms with E-state index in [0.29, 0.717) is 12.2 Å². The van der Waals surface area contributed by atoms with Gasteiger partial charge in [-0.05, 0) is 31.0 Å². The molecule has 0 radical (unpaired) electrons. The first-order chi connectivity index (χ1) is 12.2. The van der Waals surface area contributed by atoms with Gasteiger partial charge in [-0.1, -0.05) is 18.2 Å². The number of benzene rings is 1. The van der Waals surface area contributed by atoms with Gasteiger partial charge < -0.3 is 9.47 Å². The van der Waals surface area contributed by atoms with Gasteiger partial charge in [0.25, 0.3) is 5.91 Å². The van der Waals surface area contributed by atoms with Crippen molar-refractivity contribution in [1.82, 2.24) is 29.4 Å². The van der Waals surface area contributed by atoms with Crippen LogP contribution in [-0.2, 0) is 7.05 Å². The average molecular weight is 336 g/mol. The average Bonchev–Trinajstić information content (AvgIpc) is 3.31. The Morgan fingerprint density at radius 2 is 2.04 bits per heavy atom. The molecule has 1 atom stereocenters. The zero-order chi connectivity index (χ0) is 17.2. The van der Waals surface area contributed by atoms with E-state index in [1.807, 2.05) is 46.8 Å². The number of piperidine rings is 1. The molecule has 0 saturated carbocycles. The molecular formula is C18H20N6O. The van der Waals surface area contributed by atoms with Crippen molar-refractivity contribution < 1.29 is 4.79 Å². The van der Waals surface area contributed by atoms with Crippen molar-refractivity contribution in [2.24, 2.45) is 7.05 Å². The first-order valence-corrected chi connectivity index (χ1v) is 8.46. The molecule has 3 heterocycles. The maximum Gasteiger partial charge on any atom is 0.272 e. The van der Waals surface area contributed by atoms with Gasteiger partial charge in [0.15, 0.2) is 0 Å². The fourth-order valence-electron chi connectivity index (χ4n) is 3.44. The Hall–Kier alpha value is -2.96. The smallest absolute Gasteiger partial charge is 0.272 e. The summed E-state index contributed by atoms with van der Waals surface area (Å²) >= 11 is 0. The number of rotatable bonds is 3. The van der Waals surface area contributed by atoms with Crippen molar-refractivity contribution in [3.8, 4) is 5.69 Å². The predicted octanol–water partition coefficient (Wildman–Crippen LogP) is 2.02. The topological polar surface area (TPSA) is 68.8 Å². The summed E-state index contributed by atoms with van der Waals surface area (Å²) in [7, 11) is 1.95. The van der Waals surface area contributed by atoms with Crippen LogP contribution in [0.15, 0.2) is 48.9 Å². The molecule has 0 unspecified atom stereocenters. The summed E-state index contributed by atoms with van der Waals surface area (Å²) in [5.74, 6) is 1.17. The number of carbonyl (C=O) groups is 1. The van der Waals surface area contributed by atoms with Crippen LogP contribution in [0.25, 0.3) is 5.69 Å². The quantitative estimate of drug-likeness (QED) is 0.734. The minimum atomic E-state index is 0.00761. The van der Waals surface area contributed by atoms with Gasteiger partial charge in [0.05, 0.1) is 11.9 Å². The highest BCUT2D eigenvalue weighted by atomic mass is 16.2. The Morgan fingerprint density at radius 1 is 1.20 bits per heavy atom. The second-order valence-electron chi connectivity index (χ2n) is 6.35. The van der Waals surface area contributed by atoms with E-state index in [0.717, 1.165) is 30.9 Å². The molecule has 128 valence electrons. The Bertz CT molecular complexity index is 869. The Kier molecular flexibility index (Phi) is 4.05. The summed E-state index contributed by atoms with van der Waals surface area (Å²) in [6.07, 6.45) is 5.36. The normalized spacial score (nSPS) is 17.6. The van der Waals surface area contributed by atoms with E-state index < -0.39 is 0 Å². The minimum absolute atomic E-state index is 0.00761. The lowest BCUT2D eigenvalue weighted by Gasteiger charge is -2.32. The van der Waals surface area contributed by atoms with Gasteiger partial charge in [0.2, 0.25) is 0 Å². The first-order valence-electron chi connectivity index (χ1n) is 8.46. The molecule has 0 N–H and O–H groups in total. The number of aryl methyl sites for hydroxylation is 1. The molecule has 1 amide bonds. The fourth-order valence-corrected chi connectivity index (χ4v) is 3.44. The summed E-state index contributed by atoms with van der Waals surface area (Å²) in [6.45, 7) is 1.42. The van der Waals surface area contributed by atoms with E-state index in [1.54, 1.807) is 23.3 Å². The molecule has 25 heavy (non-hydrogen) atoms. The van der Waals surface area contributed by atoms with Gasteiger partial charge in [-0.25, -0.2) is 4.68 Å². The van der Waals surface area contributed by atoms with Crippen molar-refractivity contribution in [2.75, 3.05) is 13.1 Å². The van der Waals surface area contributed by atoms with Gasteiger partial charge in [-0.2, -0.15) is 5.10 Å². The number of para-hydroxylation sites is 1. The largest absolute Gasteiger partial charge is 0.337 e. The van der Waals surface area contributed by atoms with Crippen LogP contribution in [0.1, 0.15) is 35.1 Å². The molecule has 0 spiro atoms. The minimum Gasteiger partial charge on any atom is -0.337 e. The van der Waals surface area contributed by atoms with Crippen LogP contribution in [0.2, 0.25) is 0 Å². The van der Waals surface area contributed by atoms with Gasteiger partial charge in [-0.15, -0.1) is 10.2 Å². The summed E-state index contributed by atoms with van der Waals surface area (Å²) in [5.41, 5.74) is 1.47. The molecule has 7 nitrogen and oxygen atoms in total. The molecule has 3 aromatic rings. The SMILES string of the molecule is Cn1cnnc1[C@H]1CCCN(C(=O)c2ccnn2-c2ccccc2)C1. The molecule has 0 bridgehead atoms. The van der Waals surface area contributed by atoms with Gasteiger partial charge in [0, 0.05) is 26.1 Å². The maximum absolute atomic E-state index is 13.1. The van der Waals surface area contributed by atoms with Gasteiger partial charge in [0.1, 0.15) is 17.8 Å². The number of aromatic nitrogens is 5. The zero-order valence-electron chi connectivity index (χ0n) is 14.1. The van der Waals surface area contributed by atoms with E-state index in [9.17, 15) is 4.79 Å². The number of carbonyl (C=O) groups excluding carboxylic acids is 1. The molecule has 7 heteroatoms. The van der Waals surface area contributed by atoms with Gasteiger partial charge in [-0.3, -0.25) is 4.79 Å². The van der Waals surface area contributed by atoms with E-state index >= 15 is 0 Å². The lowest BCUT2D eigenvalue weighted by molar-refractivity contribution is 0.0694. The third-order valence-corrected chi connectivity index (χ3v) is 4.68.